The van der Waals surface area contributed by atoms with E-state index in [9.17, 15) is 9.18 Å². The maximum atomic E-state index is 13.8. The molecular weight excluding hydrogens is 385 g/mol. The number of hydrogen-bond acceptors (Lipinski definition) is 6. The van der Waals surface area contributed by atoms with E-state index in [1.165, 1.54) is 12.1 Å². The van der Waals surface area contributed by atoms with Gasteiger partial charge in [-0.15, -0.1) is 12.8 Å². The van der Waals surface area contributed by atoms with Crippen molar-refractivity contribution in [2.75, 3.05) is 11.1 Å². The number of nitrogens with zero attached hydrogens (tertiary/aromatic N) is 4. The van der Waals surface area contributed by atoms with Crippen LogP contribution in [0.2, 0.25) is 0 Å². The third kappa shape index (κ3) is 4.99. The van der Waals surface area contributed by atoms with Gasteiger partial charge in [-0.25, -0.2) is 14.2 Å². The number of nitrogen functional groups attached to an aromatic ring is 1. The van der Waals surface area contributed by atoms with Gasteiger partial charge in [0, 0.05) is 11.8 Å². The zero-order chi connectivity index (χ0) is 22.1. The first kappa shape index (κ1) is 22.1. The molecule has 0 bridgehead atoms. The highest BCUT2D eigenvalue weighted by molar-refractivity contribution is 5.78. The van der Waals surface area contributed by atoms with E-state index in [0.29, 0.717) is 16.9 Å². The number of anilines is 2. The summed E-state index contributed by atoms with van der Waals surface area (Å²) in [5.74, 6) is 0.314. The summed E-state index contributed by atoms with van der Waals surface area (Å²) in [4.78, 5) is 25.9. The Hall–Kier alpha value is -4.19. The van der Waals surface area contributed by atoms with Gasteiger partial charge in [0.2, 0.25) is 11.9 Å². The fourth-order valence-corrected chi connectivity index (χ4v) is 2.72. The maximum absolute atomic E-state index is 13.8. The van der Waals surface area contributed by atoms with E-state index < -0.39 is 5.69 Å². The van der Waals surface area contributed by atoms with Crippen molar-refractivity contribution in [2.45, 2.75) is 20.4 Å². The average molecular weight is 407 g/mol. The van der Waals surface area contributed by atoms with Crippen molar-refractivity contribution in [2.24, 2.45) is 0 Å². The fourth-order valence-electron chi connectivity index (χ4n) is 2.72. The Bertz CT molecular complexity index is 1180. The summed E-state index contributed by atoms with van der Waals surface area (Å²) in [6.07, 6.45) is 8.00. The van der Waals surface area contributed by atoms with Crippen molar-refractivity contribution in [1.82, 2.24) is 24.5 Å². The number of nitrogens with one attached hydrogen (secondary N) is 2. The van der Waals surface area contributed by atoms with E-state index >= 15 is 0 Å². The van der Waals surface area contributed by atoms with Crippen molar-refractivity contribution in [3.05, 3.63) is 70.7 Å². The third-order valence-corrected chi connectivity index (χ3v) is 3.77. The summed E-state index contributed by atoms with van der Waals surface area (Å²) in [6.45, 7) is 4.22. The number of benzene rings is 2. The first-order valence-corrected chi connectivity index (χ1v) is 9.13. The number of nitrogens with two attached hydrogens (primary N) is 1. The van der Waals surface area contributed by atoms with Crippen LogP contribution in [0.1, 0.15) is 19.7 Å². The first-order chi connectivity index (χ1) is 14.6. The van der Waals surface area contributed by atoms with Crippen LogP contribution in [0.15, 0.2) is 53.3 Å². The minimum atomic E-state index is -0.598. The van der Waals surface area contributed by atoms with Gasteiger partial charge in [-0.05, 0) is 24.3 Å². The van der Waals surface area contributed by atoms with Gasteiger partial charge in [-0.3, -0.25) is 9.55 Å². The Morgan fingerprint density at radius 3 is 2.47 bits per heavy atom. The van der Waals surface area contributed by atoms with Gasteiger partial charge >= 0.3 is 5.69 Å². The Morgan fingerprint density at radius 1 is 1.10 bits per heavy atom. The number of aromatic nitrogens is 5. The molecule has 9 heteroatoms. The third-order valence-electron chi connectivity index (χ3n) is 3.77. The molecule has 0 aliphatic heterocycles. The van der Waals surface area contributed by atoms with Crippen LogP contribution in [0.3, 0.4) is 0 Å². The van der Waals surface area contributed by atoms with Gasteiger partial charge in [-0.2, -0.15) is 9.97 Å². The van der Waals surface area contributed by atoms with Crippen LogP contribution < -0.4 is 16.7 Å². The number of rotatable bonds is 4. The normalized spacial score (nSPS) is 9.77. The molecule has 8 nitrogen and oxygen atoms in total. The molecular formula is C21H22FN7O. The fraction of sp³-hybridized carbons (Fsp3) is 0.143. The van der Waals surface area contributed by atoms with Crippen LogP contribution in [0.25, 0.3) is 16.7 Å². The highest BCUT2D eigenvalue weighted by atomic mass is 19.1. The first-order valence-electron chi connectivity index (χ1n) is 9.13. The zero-order valence-electron chi connectivity index (χ0n) is 16.6. The van der Waals surface area contributed by atoms with E-state index in [2.05, 4.69) is 38.1 Å². The van der Waals surface area contributed by atoms with Gasteiger partial charge < -0.3 is 11.1 Å². The SMILES string of the molecule is C#C.CC.Nc1nc(NCc2nc3ccc(F)cc3n2-c2ccccc2)nc(=O)[nH]1. The minimum absolute atomic E-state index is 0.0360. The van der Waals surface area contributed by atoms with E-state index in [4.69, 9.17) is 5.73 Å². The lowest BCUT2D eigenvalue weighted by molar-refractivity contribution is 0.629. The van der Waals surface area contributed by atoms with Gasteiger partial charge in [0.25, 0.3) is 0 Å². The zero-order valence-corrected chi connectivity index (χ0v) is 16.6. The number of terminal acetylenes is 1. The lowest BCUT2D eigenvalue weighted by Gasteiger charge is -2.10. The molecule has 154 valence electrons. The molecule has 0 saturated carbocycles. The van der Waals surface area contributed by atoms with Gasteiger partial charge in [0.05, 0.1) is 17.6 Å². The second kappa shape index (κ2) is 10.4. The molecule has 2 heterocycles. The van der Waals surface area contributed by atoms with Crippen molar-refractivity contribution in [3.63, 3.8) is 0 Å². The molecule has 0 amide bonds. The van der Waals surface area contributed by atoms with E-state index in [-0.39, 0.29) is 24.3 Å². The summed E-state index contributed by atoms with van der Waals surface area (Å²) in [5, 5.41) is 2.93. The number of H-pyrrole nitrogens is 1. The highest BCUT2D eigenvalue weighted by Crippen LogP contribution is 2.23. The Balaban J connectivity index is 0.000000757. The summed E-state index contributed by atoms with van der Waals surface area (Å²) in [5.41, 5.74) is 7.05. The second-order valence-electron chi connectivity index (χ2n) is 5.55. The molecule has 0 fully saturated rings. The minimum Gasteiger partial charge on any atom is -0.369 e. The van der Waals surface area contributed by atoms with Crippen molar-refractivity contribution in [1.29, 1.82) is 0 Å². The molecule has 0 atom stereocenters. The van der Waals surface area contributed by atoms with Gasteiger partial charge in [-0.1, -0.05) is 32.0 Å². The van der Waals surface area contributed by atoms with E-state index in [0.717, 1.165) is 5.69 Å². The monoisotopic (exact) mass is 407 g/mol. The van der Waals surface area contributed by atoms with Crippen molar-refractivity contribution in [3.8, 4) is 18.5 Å². The maximum Gasteiger partial charge on any atom is 0.350 e. The van der Waals surface area contributed by atoms with Crippen molar-refractivity contribution >= 4 is 22.9 Å². The predicted molar refractivity (Wildman–Crippen MR) is 117 cm³/mol. The lowest BCUT2D eigenvalue weighted by atomic mass is 10.2. The van der Waals surface area contributed by atoms with Crippen LogP contribution >= 0.6 is 0 Å². The summed E-state index contributed by atoms with van der Waals surface area (Å²) in [7, 11) is 0. The molecule has 0 saturated heterocycles. The number of hydrogen-bond donors (Lipinski definition) is 3. The molecule has 2 aromatic heterocycles. The van der Waals surface area contributed by atoms with Crippen LogP contribution in [0.5, 0.6) is 0 Å². The predicted octanol–water partition coefficient (Wildman–Crippen LogP) is 3.11. The summed E-state index contributed by atoms with van der Waals surface area (Å²) in [6, 6.07) is 13.9. The Labute approximate surface area is 173 Å². The summed E-state index contributed by atoms with van der Waals surface area (Å²) < 4.78 is 15.6. The number of imidazole rings is 1. The number of aromatic amines is 1. The van der Waals surface area contributed by atoms with E-state index in [1.54, 1.807) is 6.07 Å². The quantitative estimate of drug-likeness (QED) is 0.448. The molecule has 0 aliphatic rings. The number of fused-ring (bicyclic) bond motifs is 1. The molecule has 0 radical (unpaired) electrons. The van der Waals surface area contributed by atoms with Crippen LogP contribution in [0, 0.1) is 18.7 Å². The molecule has 4 N–H and O–H groups in total. The van der Waals surface area contributed by atoms with Gasteiger partial charge in [0.1, 0.15) is 11.6 Å². The van der Waals surface area contributed by atoms with Crippen LogP contribution in [-0.2, 0) is 6.54 Å². The van der Waals surface area contributed by atoms with Crippen LogP contribution in [0.4, 0.5) is 16.3 Å². The molecule has 0 spiro atoms. The standard InChI is InChI=1S/C17H14FN7O.C2H6.C2H2/c18-10-6-7-12-13(8-10)25(11-4-2-1-3-5-11)14(21-12)9-20-16-22-15(19)23-17(26)24-16;2*1-2/h1-8H,9H2,(H4,19,20,22,23,24,26);1-2H3;1-2H. The molecule has 4 rings (SSSR count). The molecule has 30 heavy (non-hydrogen) atoms. The number of para-hydroxylation sites is 1. The van der Waals surface area contributed by atoms with Crippen molar-refractivity contribution < 1.29 is 4.39 Å². The molecule has 0 aliphatic carbocycles. The summed E-state index contributed by atoms with van der Waals surface area (Å²) >= 11 is 0. The van der Waals surface area contributed by atoms with E-state index in [1.807, 2.05) is 48.7 Å². The Morgan fingerprint density at radius 2 is 1.80 bits per heavy atom. The lowest BCUT2D eigenvalue weighted by Crippen LogP contribution is -2.18. The number of halogens is 1. The van der Waals surface area contributed by atoms with Gasteiger partial charge in [0.15, 0.2) is 0 Å². The average Bonchev–Trinajstić information content (AvgIpc) is 3.12. The highest BCUT2D eigenvalue weighted by Gasteiger charge is 2.13. The largest absolute Gasteiger partial charge is 0.369 e. The molecule has 0 unspecified atom stereocenters. The van der Waals surface area contributed by atoms with Crippen LogP contribution in [-0.4, -0.2) is 24.5 Å². The molecule has 4 aromatic rings. The topological polar surface area (TPSA) is 115 Å². The Kier molecular flexibility index (Phi) is 7.65. The molecule has 2 aromatic carbocycles. The second-order valence-corrected chi connectivity index (χ2v) is 5.55. The smallest absolute Gasteiger partial charge is 0.350 e.